The van der Waals surface area contributed by atoms with Gasteiger partial charge in [-0.25, -0.2) is 0 Å². The van der Waals surface area contributed by atoms with Crippen molar-refractivity contribution in [1.82, 2.24) is 0 Å². The van der Waals surface area contributed by atoms with E-state index in [1.165, 1.54) is 30.4 Å². The fraction of sp³-hybridized carbons (Fsp3) is 0.389. The molecule has 2 rings (SSSR count). The van der Waals surface area contributed by atoms with Gasteiger partial charge < -0.3 is 0 Å². The molecular weight excluding hydrogens is 232 g/mol. The second-order valence-electron chi connectivity index (χ2n) is 5.44. The van der Waals surface area contributed by atoms with E-state index in [1.54, 1.807) is 0 Å². The van der Waals surface area contributed by atoms with Crippen LogP contribution in [0.2, 0.25) is 0 Å². The Morgan fingerprint density at radius 3 is 2.16 bits per heavy atom. The van der Waals surface area contributed by atoms with Crippen molar-refractivity contribution in [3.63, 3.8) is 0 Å². The zero-order valence-corrected chi connectivity index (χ0v) is 11.9. The maximum atomic E-state index is 11.6. The fourth-order valence-electron chi connectivity index (χ4n) is 2.89. The molecule has 1 heteroatoms. The van der Waals surface area contributed by atoms with Gasteiger partial charge in [0.2, 0.25) is 0 Å². The topological polar surface area (TPSA) is 17.1 Å². The van der Waals surface area contributed by atoms with Gasteiger partial charge in [-0.2, -0.15) is 0 Å². The van der Waals surface area contributed by atoms with E-state index in [2.05, 4.69) is 26.0 Å². The van der Waals surface area contributed by atoms with Crippen LogP contribution in [0.25, 0.3) is 5.57 Å². The zero-order chi connectivity index (χ0) is 13.7. The summed E-state index contributed by atoms with van der Waals surface area (Å²) in [4.78, 5) is 11.6. The Morgan fingerprint density at radius 1 is 1.00 bits per heavy atom. The largest absolute Gasteiger partial charge is 0.298 e. The normalized spacial score (nSPS) is 14.9. The van der Waals surface area contributed by atoms with Gasteiger partial charge in [-0.3, -0.25) is 4.79 Å². The molecule has 1 aliphatic rings. The number of aldehydes is 1. The Morgan fingerprint density at radius 2 is 1.63 bits per heavy atom. The van der Waals surface area contributed by atoms with Gasteiger partial charge in [0.05, 0.1) is 0 Å². The quantitative estimate of drug-likeness (QED) is 0.551. The summed E-state index contributed by atoms with van der Waals surface area (Å²) in [6, 6.07) is 10.3. The number of carbonyl (C=O) groups is 1. The van der Waals surface area contributed by atoms with Gasteiger partial charge in [-0.05, 0) is 50.7 Å². The molecular formula is C18H22O. The van der Waals surface area contributed by atoms with Crippen molar-refractivity contribution in [1.29, 1.82) is 0 Å². The Kier molecular flexibility index (Phi) is 4.73. The molecule has 0 radical (unpaired) electrons. The Hall–Kier alpha value is -1.63. The Bertz CT molecular complexity index is 494. The molecule has 19 heavy (non-hydrogen) atoms. The zero-order valence-electron chi connectivity index (χ0n) is 11.9. The van der Waals surface area contributed by atoms with E-state index in [1.807, 2.05) is 18.2 Å². The number of hydrogen-bond acceptors (Lipinski definition) is 1. The molecule has 1 saturated carbocycles. The van der Waals surface area contributed by atoms with Crippen molar-refractivity contribution in [2.45, 2.75) is 46.0 Å². The van der Waals surface area contributed by atoms with Crippen LogP contribution in [-0.2, 0) is 4.79 Å². The van der Waals surface area contributed by atoms with Crippen molar-refractivity contribution in [2.24, 2.45) is 0 Å². The highest BCUT2D eigenvalue weighted by Crippen LogP contribution is 2.33. The average Bonchev–Trinajstić information content (AvgIpc) is 2.46. The third kappa shape index (κ3) is 3.23. The van der Waals surface area contributed by atoms with Crippen molar-refractivity contribution < 1.29 is 4.79 Å². The molecule has 0 bridgehead atoms. The van der Waals surface area contributed by atoms with E-state index in [-0.39, 0.29) is 0 Å². The SMILES string of the molecule is CC(C)=C(C(C=O)=C1CCCCC1)c1ccccc1. The van der Waals surface area contributed by atoms with E-state index in [0.29, 0.717) is 0 Å². The van der Waals surface area contributed by atoms with Crippen LogP contribution in [0.3, 0.4) is 0 Å². The Balaban J connectivity index is 2.50. The summed E-state index contributed by atoms with van der Waals surface area (Å²) in [6.07, 6.45) is 6.96. The number of hydrogen-bond donors (Lipinski definition) is 0. The maximum absolute atomic E-state index is 11.6. The molecule has 1 aromatic rings. The maximum Gasteiger partial charge on any atom is 0.150 e. The van der Waals surface area contributed by atoms with Crippen LogP contribution in [0, 0.1) is 0 Å². The molecule has 0 unspecified atom stereocenters. The second-order valence-corrected chi connectivity index (χ2v) is 5.44. The second kappa shape index (κ2) is 6.51. The van der Waals surface area contributed by atoms with Gasteiger partial charge in [0.25, 0.3) is 0 Å². The van der Waals surface area contributed by atoms with Crippen LogP contribution in [-0.4, -0.2) is 6.29 Å². The predicted molar refractivity (Wildman–Crippen MR) is 80.9 cm³/mol. The molecule has 0 heterocycles. The minimum absolute atomic E-state index is 0.936. The first kappa shape index (κ1) is 13.8. The molecule has 0 atom stereocenters. The molecule has 0 N–H and O–H groups in total. The summed E-state index contributed by atoms with van der Waals surface area (Å²) in [6.45, 7) is 4.18. The smallest absolute Gasteiger partial charge is 0.150 e. The van der Waals surface area contributed by atoms with E-state index >= 15 is 0 Å². The van der Waals surface area contributed by atoms with E-state index in [0.717, 1.165) is 35.8 Å². The monoisotopic (exact) mass is 254 g/mol. The molecule has 0 spiro atoms. The van der Waals surface area contributed by atoms with Crippen LogP contribution >= 0.6 is 0 Å². The number of carbonyl (C=O) groups excluding carboxylic acids is 1. The summed E-state index contributed by atoms with van der Waals surface area (Å²) in [5, 5.41) is 0. The lowest BCUT2D eigenvalue weighted by atomic mass is 9.85. The fourth-order valence-corrected chi connectivity index (χ4v) is 2.89. The summed E-state index contributed by atoms with van der Waals surface area (Å²) in [5.74, 6) is 0. The minimum atomic E-state index is 0.936. The lowest BCUT2D eigenvalue weighted by molar-refractivity contribution is -0.104. The number of rotatable bonds is 3. The van der Waals surface area contributed by atoms with E-state index < -0.39 is 0 Å². The van der Waals surface area contributed by atoms with Gasteiger partial charge in [0, 0.05) is 5.57 Å². The van der Waals surface area contributed by atoms with Crippen LogP contribution in [0.15, 0.2) is 47.1 Å². The molecule has 0 amide bonds. The highest BCUT2D eigenvalue weighted by atomic mass is 16.1. The summed E-state index contributed by atoms with van der Waals surface area (Å²) < 4.78 is 0. The molecule has 0 aliphatic heterocycles. The summed E-state index contributed by atoms with van der Waals surface area (Å²) in [7, 11) is 0. The van der Waals surface area contributed by atoms with Gasteiger partial charge in [-0.1, -0.05) is 47.9 Å². The lowest BCUT2D eigenvalue weighted by Crippen LogP contribution is -2.03. The van der Waals surface area contributed by atoms with Gasteiger partial charge in [0.1, 0.15) is 0 Å². The van der Waals surface area contributed by atoms with E-state index in [9.17, 15) is 4.79 Å². The average molecular weight is 254 g/mol. The molecule has 100 valence electrons. The van der Waals surface area contributed by atoms with Crippen LogP contribution in [0.1, 0.15) is 51.5 Å². The van der Waals surface area contributed by atoms with Crippen LogP contribution < -0.4 is 0 Å². The molecule has 1 aliphatic carbocycles. The molecule has 1 aromatic carbocycles. The first-order valence-corrected chi connectivity index (χ1v) is 7.14. The molecule has 1 fully saturated rings. The van der Waals surface area contributed by atoms with Crippen LogP contribution in [0.5, 0.6) is 0 Å². The Labute approximate surface area is 116 Å². The summed E-state index contributed by atoms with van der Waals surface area (Å²) in [5.41, 5.74) is 5.79. The van der Waals surface area contributed by atoms with Crippen LogP contribution in [0.4, 0.5) is 0 Å². The third-order valence-electron chi connectivity index (χ3n) is 3.79. The minimum Gasteiger partial charge on any atom is -0.298 e. The van der Waals surface area contributed by atoms with Gasteiger partial charge in [-0.15, -0.1) is 0 Å². The number of benzene rings is 1. The van der Waals surface area contributed by atoms with Crippen molar-refractivity contribution in [2.75, 3.05) is 0 Å². The van der Waals surface area contributed by atoms with Crippen molar-refractivity contribution in [3.8, 4) is 0 Å². The highest BCUT2D eigenvalue weighted by molar-refractivity contribution is 6.00. The predicted octanol–water partition coefficient (Wildman–Crippen LogP) is 4.94. The third-order valence-corrected chi connectivity index (χ3v) is 3.79. The molecule has 0 aromatic heterocycles. The van der Waals surface area contributed by atoms with Gasteiger partial charge >= 0.3 is 0 Å². The van der Waals surface area contributed by atoms with Crippen molar-refractivity contribution in [3.05, 3.63) is 52.6 Å². The molecule has 0 saturated heterocycles. The first-order valence-electron chi connectivity index (χ1n) is 7.14. The van der Waals surface area contributed by atoms with E-state index in [4.69, 9.17) is 0 Å². The first-order chi connectivity index (χ1) is 9.24. The van der Waals surface area contributed by atoms with Crippen molar-refractivity contribution >= 4 is 11.9 Å². The summed E-state index contributed by atoms with van der Waals surface area (Å²) >= 11 is 0. The lowest BCUT2D eigenvalue weighted by Gasteiger charge is -2.19. The standard InChI is InChI=1S/C18H22O/c1-14(2)18(16-11-7-4-8-12-16)17(13-19)15-9-5-3-6-10-15/h4,7-8,11-13H,3,5-6,9-10H2,1-2H3. The molecule has 1 nitrogen and oxygen atoms in total. The highest BCUT2D eigenvalue weighted by Gasteiger charge is 2.16. The number of allylic oxidation sites excluding steroid dienone is 4. The van der Waals surface area contributed by atoms with Gasteiger partial charge in [0.15, 0.2) is 6.29 Å².